The molecule has 0 aliphatic rings. The van der Waals surface area contributed by atoms with Crippen LogP contribution in [0.15, 0.2) is 88.7 Å². The molecule has 12 heteroatoms. The van der Waals surface area contributed by atoms with Crippen molar-refractivity contribution in [2.75, 3.05) is 13.1 Å². The molecule has 0 aliphatic heterocycles. The molecule has 0 bridgehead atoms. The second-order valence-corrected chi connectivity index (χ2v) is 14.9. The molecule has 3 N–H and O–H groups in total. The highest BCUT2D eigenvalue weighted by Crippen LogP contribution is 2.23. The normalized spacial score (nSPS) is 13.5. The summed E-state index contributed by atoms with van der Waals surface area (Å²) >= 11 is 0. The molecule has 0 saturated carbocycles. The van der Waals surface area contributed by atoms with Gasteiger partial charge in [0.2, 0.25) is 26.0 Å². The first-order chi connectivity index (χ1) is 20.7. The molecule has 3 aromatic rings. The number of nitrogens with zero attached hydrogens (tertiary/aromatic N) is 1. The zero-order valence-electron chi connectivity index (χ0n) is 25.4. The number of nitrogens with one attached hydrogen (secondary N) is 2. The molecule has 3 rings (SSSR count). The summed E-state index contributed by atoms with van der Waals surface area (Å²) in [7, 11) is -8.15. The summed E-state index contributed by atoms with van der Waals surface area (Å²) in [5, 5.41) is 12.8. The molecule has 0 aromatic heterocycles. The van der Waals surface area contributed by atoms with Crippen LogP contribution in [0.25, 0.3) is 0 Å². The van der Waals surface area contributed by atoms with Gasteiger partial charge in [0.15, 0.2) is 0 Å². The smallest absolute Gasteiger partial charge is 0.322 e. The van der Waals surface area contributed by atoms with Crippen LogP contribution in [0.5, 0.6) is 0 Å². The number of aliphatic carboxylic acids is 1. The molecule has 0 aliphatic carbocycles. The Morgan fingerprint density at radius 1 is 0.818 bits per heavy atom. The number of hydrogen-bond acceptors (Lipinski definition) is 6. The zero-order chi connectivity index (χ0) is 32.5. The topological polar surface area (TPSA) is 150 Å². The average molecular weight is 644 g/mol. The van der Waals surface area contributed by atoms with E-state index in [-0.39, 0.29) is 48.1 Å². The molecule has 44 heavy (non-hydrogen) atoms. The summed E-state index contributed by atoms with van der Waals surface area (Å²) in [6, 6.07) is 19.0. The predicted molar refractivity (Wildman–Crippen MR) is 169 cm³/mol. The fourth-order valence-corrected chi connectivity index (χ4v) is 7.60. The number of hydrogen-bond donors (Lipinski definition) is 3. The molecule has 2 atom stereocenters. The Bertz CT molecular complexity index is 1610. The van der Waals surface area contributed by atoms with Crippen molar-refractivity contribution in [1.82, 2.24) is 14.3 Å². The van der Waals surface area contributed by atoms with E-state index in [2.05, 4.69) is 10.0 Å². The third kappa shape index (κ3) is 9.71. The minimum atomic E-state index is -4.12. The van der Waals surface area contributed by atoms with Gasteiger partial charge in [-0.15, -0.1) is 0 Å². The first kappa shape index (κ1) is 34.9. The SMILES string of the molecule is Cc1ccc(S(=O)(=O)N[C@@H](Cc2ccccc2)C(=O)NCCC[C@@H](C(=O)O)N(CC(C)C)S(=O)(=O)c2ccc(C)cc2)cc1. The molecule has 0 saturated heterocycles. The van der Waals surface area contributed by atoms with Crippen molar-refractivity contribution in [1.29, 1.82) is 0 Å². The number of aryl methyl sites for hydroxylation is 2. The van der Waals surface area contributed by atoms with Crippen molar-refractivity contribution < 1.29 is 31.5 Å². The van der Waals surface area contributed by atoms with Crippen molar-refractivity contribution in [2.45, 2.75) is 68.8 Å². The maximum absolute atomic E-state index is 13.5. The van der Waals surface area contributed by atoms with Gasteiger partial charge < -0.3 is 10.4 Å². The van der Waals surface area contributed by atoms with Crippen molar-refractivity contribution in [3.63, 3.8) is 0 Å². The number of benzene rings is 3. The van der Waals surface area contributed by atoms with Gasteiger partial charge in [0.25, 0.3) is 0 Å². The summed E-state index contributed by atoms with van der Waals surface area (Å²) < 4.78 is 56.8. The molecular formula is C32H41N3O7S2. The third-order valence-electron chi connectivity index (χ3n) is 6.99. The fourth-order valence-electron chi connectivity index (χ4n) is 4.63. The predicted octanol–water partition coefficient (Wildman–Crippen LogP) is 3.89. The highest BCUT2D eigenvalue weighted by atomic mass is 32.2. The van der Waals surface area contributed by atoms with E-state index in [1.807, 2.05) is 19.9 Å². The first-order valence-electron chi connectivity index (χ1n) is 14.4. The van der Waals surface area contributed by atoms with E-state index in [4.69, 9.17) is 0 Å². The van der Waals surface area contributed by atoms with Crippen molar-refractivity contribution in [3.05, 3.63) is 95.6 Å². The minimum Gasteiger partial charge on any atom is -0.480 e. The Morgan fingerprint density at radius 2 is 1.36 bits per heavy atom. The fraction of sp³-hybridized carbons (Fsp3) is 0.375. The summed E-state index contributed by atoms with van der Waals surface area (Å²) in [4.78, 5) is 25.6. The maximum atomic E-state index is 13.5. The molecule has 1 amide bonds. The lowest BCUT2D eigenvalue weighted by molar-refractivity contribution is -0.141. The van der Waals surface area contributed by atoms with Crippen molar-refractivity contribution in [3.8, 4) is 0 Å². The van der Waals surface area contributed by atoms with Crippen LogP contribution in [-0.4, -0.2) is 63.3 Å². The molecule has 238 valence electrons. The van der Waals surface area contributed by atoms with Crippen LogP contribution in [-0.2, 0) is 36.1 Å². The van der Waals surface area contributed by atoms with E-state index < -0.39 is 44.0 Å². The molecule has 0 radical (unpaired) electrons. The lowest BCUT2D eigenvalue weighted by atomic mass is 10.1. The van der Waals surface area contributed by atoms with Crippen LogP contribution in [0.4, 0.5) is 0 Å². The molecule has 0 heterocycles. The summed E-state index contributed by atoms with van der Waals surface area (Å²) in [5.41, 5.74) is 2.51. The Kier molecular flexibility index (Phi) is 12.2. The standard InChI is InChI=1S/C32H41N3O7S2/c1-23(2)22-35(44(41,42)28-18-14-25(4)15-19-28)30(32(37)38)11-8-20-33-31(36)29(21-26-9-6-5-7-10-26)34-43(39,40)27-16-12-24(3)13-17-27/h5-7,9-10,12-19,23,29-30,34H,8,11,20-22H2,1-4H3,(H,33,36)(H,37,38)/t29-,30-/m0/s1. The highest BCUT2D eigenvalue weighted by Gasteiger charge is 2.36. The largest absolute Gasteiger partial charge is 0.480 e. The van der Waals surface area contributed by atoms with Gasteiger partial charge in [-0.3, -0.25) is 9.59 Å². The maximum Gasteiger partial charge on any atom is 0.322 e. The summed E-state index contributed by atoms with van der Waals surface area (Å²) in [6.45, 7) is 7.29. The van der Waals surface area contributed by atoms with Gasteiger partial charge in [-0.2, -0.15) is 9.03 Å². The van der Waals surface area contributed by atoms with Crippen LogP contribution in [0, 0.1) is 19.8 Å². The van der Waals surface area contributed by atoms with Crippen LogP contribution < -0.4 is 10.0 Å². The molecule has 0 fully saturated rings. The minimum absolute atomic E-state index is 0.000520. The number of carbonyl (C=O) groups excluding carboxylic acids is 1. The quantitative estimate of drug-likeness (QED) is 0.201. The van der Waals surface area contributed by atoms with Crippen LogP contribution >= 0.6 is 0 Å². The van der Waals surface area contributed by atoms with E-state index in [1.54, 1.807) is 62.4 Å². The summed E-state index contributed by atoms with van der Waals surface area (Å²) in [6.07, 6.45) is 0.168. The second kappa shape index (κ2) is 15.4. The van der Waals surface area contributed by atoms with E-state index in [0.717, 1.165) is 21.0 Å². The van der Waals surface area contributed by atoms with Gasteiger partial charge in [-0.1, -0.05) is 79.6 Å². The number of carboxylic acid groups (broad SMARTS) is 1. The lowest BCUT2D eigenvalue weighted by Gasteiger charge is -2.30. The van der Waals surface area contributed by atoms with Gasteiger partial charge in [-0.05, 0) is 68.9 Å². The van der Waals surface area contributed by atoms with Crippen molar-refractivity contribution in [2.24, 2.45) is 5.92 Å². The highest BCUT2D eigenvalue weighted by molar-refractivity contribution is 7.89. The van der Waals surface area contributed by atoms with E-state index in [9.17, 15) is 31.5 Å². The summed E-state index contributed by atoms with van der Waals surface area (Å²) in [5.74, 6) is -2.01. The van der Waals surface area contributed by atoms with E-state index in [1.165, 1.54) is 24.3 Å². The number of rotatable bonds is 16. The Morgan fingerprint density at radius 3 is 1.89 bits per heavy atom. The van der Waals surface area contributed by atoms with Crippen LogP contribution in [0.2, 0.25) is 0 Å². The Labute approximate surface area is 260 Å². The zero-order valence-corrected chi connectivity index (χ0v) is 27.1. The number of carbonyl (C=O) groups is 2. The van der Waals surface area contributed by atoms with Gasteiger partial charge in [-0.25, -0.2) is 16.8 Å². The Balaban J connectivity index is 1.74. The van der Waals surface area contributed by atoms with Crippen LogP contribution in [0.1, 0.15) is 43.4 Å². The van der Waals surface area contributed by atoms with Gasteiger partial charge in [0, 0.05) is 13.1 Å². The molecular weight excluding hydrogens is 603 g/mol. The van der Waals surface area contributed by atoms with Gasteiger partial charge >= 0.3 is 5.97 Å². The monoisotopic (exact) mass is 643 g/mol. The van der Waals surface area contributed by atoms with Gasteiger partial charge in [0.05, 0.1) is 9.79 Å². The molecule has 0 spiro atoms. The number of sulfonamides is 2. The van der Waals surface area contributed by atoms with Crippen LogP contribution in [0.3, 0.4) is 0 Å². The molecule has 10 nitrogen and oxygen atoms in total. The number of amides is 1. The average Bonchev–Trinajstić information content (AvgIpc) is 2.96. The van der Waals surface area contributed by atoms with Gasteiger partial charge in [0.1, 0.15) is 12.1 Å². The van der Waals surface area contributed by atoms with E-state index in [0.29, 0.717) is 0 Å². The molecule has 3 aromatic carbocycles. The number of carboxylic acids is 1. The van der Waals surface area contributed by atoms with Crippen molar-refractivity contribution >= 4 is 31.9 Å². The third-order valence-corrected chi connectivity index (χ3v) is 10.4. The first-order valence-corrected chi connectivity index (χ1v) is 17.3. The lowest BCUT2D eigenvalue weighted by Crippen LogP contribution is -2.49. The Hall–Kier alpha value is -3.58. The molecule has 0 unspecified atom stereocenters. The second-order valence-electron chi connectivity index (χ2n) is 11.2. The van der Waals surface area contributed by atoms with E-state index >= 15 is 0 Å².